The summed E-state index contributed by atoms with van der Waals surface area (Å²) in [4.78, 5) is 29.2. The van der Waals surface area contributed by atoms with Gasteiger partial charge in [-0.05, 0) is 36.7 Å². The number of hydrogen-bond donors (Lipinski definition) is 1. The highest BCUT2D eigenvalue weighted by Gasteiger charge is 2.37. The Kier molecular flexibility index (Phi) is 5.15. The molecule has 6 heteroatoms. The molecule has 4 rings (SSSR count). The van der Waals surface area contributed by atoms with E-state index in [9.17, 15) is 14.7 Å². The topological polar surface area (TPSA) is 70.1 Å². The van der Waals surface area contributed by atoms with Gasteiger partial charge in [-0.2, -0.15) is 0 Å². The summed E-state index contributed by atoms with van der Waals surface area (Å²) in [7, 11) is 2.07. The Morgan fingerprint density at radius 1 is 1.00 bits per heavy atom. The Hall–Kier alpha value is -2.70. The van der Waals surface area contributed by atoms with Crippen molar-refractivity contribution in [3.05, 3.63) is 59.7 Å². The third-order valence-corrected chi connectivity index (χ3v) is 5.75. The largest absolute Gasteiger partial charge is 0.478 e. The third kappa shape index (κ3) is 3.41. The minimum atomic E-state index is -1.00. The number of aromatic carboxylic acids is 1. The molecule has 2 unspecified atom stereocenters. The highest BCUT2D eigenvalue weighted by molar-refractivity contribution is 6.04. The number of amides is 1. The van der Waals surface area contributed by atoms with Crippen molar-refractivity contribution in [1.82, 2.24) is 9.80 Å². The van der Waals surface area contributed by atoms with Gasteiger partial charge in [-0.1, -0.05) is 36.4 Å². The Balaban J connectivity index is 1.66. The van der Waals surface area contributed by atoms with Crippen molar-refractivity contribution >= 4 is 11.9 Å². The van der Waals surface area contributed by atoms with Crippen molar-refractivity contribution in [2.45, 2.75) is 18.6 Å². The van der Waals surface area contributed by atoms with Crippen LogP contribution in [0.5, 0.6) is 0 Å². The molecule has 0 aliphatic carbocycles. The van der Waals surface area contributed by atoms with E-state index in [0.29, 0.717) is 29.8 Å². The first-order valence-electron chi connectivity index (χ1n) is 9.59. The molecule has 2 aromatic carbocycles. The maximum Gasteiger partial charge on any atom is 0.336 e. The van der Waals surface area contributed by atoms with E-state index >= 15 is 0 Å². The number of carboxylic acid groups (broad SMARTS) is 1. The van der Waals surface area contributed by atoms with Gasteiger partial charge in [0.15, 0.2) is 0 Å². The molecule has 6 nitrogen and oxygen atoms in total. The van der Waals surface area contributed by atoms with Crippen LogP contribution >= 0.6 is 0 Å². The summed E-state index contributed by atoms with van der Waals surface area (Å²) in [6.45, 7) is 2.86. The molecule has 2 fully saturated rings. The highest BCUT2D eigenvalue weighted by atomic mass is 16.5. The van der Waals surface area contributed by atoms with Crippen LogP contribution in [0.3, 0.4) is 0 Å². The lowest BCUT2D eigenvalue weighted by Gasteiger charge is -2.45. The predicted octanol–water partition coefficient (Wildman–Crippen LogP) is 2.60. The average molecular weight is 380 g/mol. The molecule has 0 bridgehead atoms. The number of fused-ring (bicyclic) bond motifs is 1. The predicted molar refractivity (Wildman–Crippen MR) is 106 cm³/mol. The molecule has 2 saturated heterocycles. The van der Waals surface area contributed by atoms with Gasteiger partial charge in [-0.3, -0.25) is 9.69 Å². The molecule has 2 aliphatic heterocycles. The van der Waals surface area contributed by atoms with E-state index in [0.717, 1.165) is 19.6 Å². The number of piperidine rings is 1. The fourth-order valence-electron chi connectivity index (χ4n) is 4.21. The van der Waals surface area contributed by atoms with E-state index in [-0.39, 0.29) is 23.6 Å². The van der Waals surface area contributed by atoms with Crippen molar-refractivity contribution in [3.63, 3.8) is 0 Å². The van der Waals surface area contributed by atoms with E-state index in [1.54, 1.807) is 30.3 Å². The first kappa shape index (κ1) is 18.7. The second-order valence-corrected chi connectivity index (χ2v) is 7.39. The molecule has 0 radical (unpaired) electrons. The molecule has 146 valence electrons. The van der Waals surface area contributed by atoms with Crippen LogP contribution in [0.15, 0.2) is 48.5 Å². The molecule has 0 spiro atoms. The van der Waals surface area contributed by atoms with E-state index < -0.39 is 5.97 Å². The van der Waals surface area contributed by atoms with Gasteiger partial charge in [-0.25, -0.2) is 4.79 Å². The van der Waals surface area contributed by atoms with Gasteiger partial charge in [0.1, 0.15) is 0 Å². The molecule has 28 heavy (non-hydrogen) atoms. The fourth-order valence-corrected chi connectivity index (χ4v) is 4.21. The van der Waals surface area contributed by atoms with Crippen molar-refractivity contribution in [1.29, 1.82) is 0 Å². The lowest BCUT2D eigenvalue weighted by atomic mass is 9.93. The maximum atomic E-state index is 13.4. The van der Waals surface area contributed by atoms with Crippen LogP contribution in [0.2, 0.25) is 0 Å². The zero-order chi connectivity index (χ0) is 19.7. The number of morpholine rings is 1. The van der Waals surface area contributed by atoms with Gasteiger partial charge < -0.3 is 14.7 Å². The second-order valence-electron chi connectivity index (χ2n) is 7.39. The fraction of sp³-hybridized carbons (Fsp3) is 0.364. The van der Waals surface area contributed by atoms with Gasteiger partial charge in [-0.15, -0.1) is 0 Å². The molecule has 2 aliphatic rings. The zero-order valence-corrected chi connectivity index (χ0v) is 15.9. The lowest BCUT2D eigenvalue weighted by molar-refractivity contribution is -0.0893. The Morgan fingerprint density at radius 2 is 1.64 bits per heavy atom. The Morgan fingerprint density at radius 3 is 2.36 bits per heavy atom. The van der Waals surface area contributed by atoms with E-state index in [4.69, 9.17) is 4.74 Å². The van der Waals surface area contributed by atoms with Crippen molar-refractivity contribution in [2.24, 2.45) is 0 Å². The summed E-state index contributed by atoms with van der Waals surface area (Å²) >= 11 is 0. The minimum Gasteiger partial charge on any atom is -0.478 e. The second kappa shape index (κ2) is 7.73. The van der Waals surface area contributed by atoms with Gasteiger partial charge in [0.05, 0.1) is 24.3 Å². The lowest BCUT2D eigenvalue weighted by Crippen LogP contribution is -2.59. The maximum absolute atomic E-state index is 13.4. The Labute approximate surface area is 164 Å². The summed E-state index contributed by atoms with van der Waals surface area (Å²) < 4.78 is 5.88. The van der Waals surface area contributed by atoms with Crippen molar-refractivity contribution < 1.29 is 19.4 Å². The van der Waals surface area contributed by atoms with Crippen LogP contribution in [0.25, 0.3) is 11.1 Å². The number of carbonyl (C=O) groups is 2. The summed E-state index contributed by atoms with van der Waals surface area (Å²) in [5.41, 5.74) is 1.95. The molecule has 0 saturated carbocycles. The number of likely N-dealkylation sites (tertiary alicyclic amines) is 1. The summed E-state index contributed by atoms with van der Waals surface area (Å²) in [5, 5.41) is 9.55. The summed E-state index contributed by atoms with van der Waals surface area (Å²) in [6, 6.07) is 14.3. The smallest absolute Gasteiger partial charge is 0.336 e. The van der Waals surface area contributed by atoms with Gasteiger partial charge in [0.2, 0.25) is 0 Å². The number of hydrogen-bond acceptors (Lipinski definition) is 4. The molecular weight excluding hydrogens is 356 g/mol. The molecule has 1 amide bonds. The van der Waals surface area contributed by atoms with Gasteiger partial charge in [0, 0.05) is 25.2 Å². The van der Waals surface area contributed by atoms with Gasteiger partial charge in [0.25, 0.3) is 5.91 Å². The van der Waals surface area contributed by atoms with Crippen LogP contribution in [-0.4, -0.2) is 72.2 Å². The first-order valence-corrected chi connectivity index (χ1v) is 9.59. The van der Waals surface area contributed by atoms with E-state index in [1.165, 1.54) is 0 Å². The molecule has 1 N–H and O–H groups in total. The highest BCUT2D eigenvalue weighted by Crippen LogP contribution is 2.30. The molecular formula is C22H24N2O4. The molecule has 2 atom stereocenters. The minimum absolute atomic E-state index is 0.0618. The van der Waals surface area contributed by atoms with Crippen molar-refractivity contribution in [2.75, 3.05) is 33.3 Å². The SMILES string of the molecule is CN1CCOC2CCN(C(=O)c3ccccc3-c3ccccc3C(=O)O)CC21. The zero-order valence-electron chi connectivity index (χ0n) is 15.9. The number of carboxylic acids is 1. The number of rotatable bonds is 3. The monoisotopic (exact) mass is 380 g/mol. The van der Waals surface area contributed by atoms with E-state index in [1.807, 2.05) is 23.1 Å². The van der Waals surface area contributed by atoms with Gasteiger partial charge >= 0.3 is 5.97 Å². The summed E-state index contributed by atoms with van der Waals surface area (Å²) in [6.07, 6.45) is 0.986. The van der Waals surface area contributed by atoms with Crippen LogP contribution < -0.4 is 0 Å². The van der Waals surface area contributed by atoms with Crippen LogP contribution in [-0.2, 0) is 4.74 Å². The number of nitrogens with zero attached hydrogens (tertiary/aromatic N) is 2. The number of ether oxygens (including phenoxy) is 1. The third-order valence-electron chi connectivity index (χ3n) is 5.75. The number of carbonyl (C=O) groups excluding carboxylic acids is 1. The average Bonchev–Trinajstić information content (AvgIpc) is 2.73. The van der Waals surface area contributed by atoms with Crippen molar-refractivity contribution in [3.8, 4) is 11.1 Å². The van der Waals surface area contributed by atoms with Crippen LogP contribution in [0.1, 0.15) is 27.1 Å². The number of likely N-dealkylation sites (N-methyl/N-ethyl adjacent to an activating group) is 1. The first-order chi connectivity index (χ1) is 13.6. The normalized spacial score (nSPS) is 22.5. The Bertz CT molecular complexity index is 898. The summed E-state index contributed by atoms with van der Waals surface area (Å²) in [5.74, 6) is -1.06. The standard InChI is InChI=1S/C22H24N2O4/c1-23-12-13-28-20-10-11-24(14-19(20)23)21(25)17-8-4-2-6-15(17)16-7-3-5-9-18(16)22(26)27/h2-9,19-20H,10-14H2,1H3,(H,26,27). The van der Waals surface area contributed by atoms with Crippen LogP contribution in [0, 0.1) is 0 Å². The molecule has 0 aromatic heterocycles. The quantitative estimate of drug-likeness (QED) is 0.886. The van der Waals surface area contributed by atoms with E-state index in [2.05, 4.69) is 11.9 Å². The number of benzene rings is 2. The molecule has 2 aromatic rings. The molecule has 2 heterocycles. The van der Waals surface area contributed by atoms with Crippen LogP contribution in [0.4, 0.5) is 0 Å².